The Bertz CT molecular complexity index is 1160. The molecule has 3 heterocycles. The molecule has 3 aromatic rings. The highest BCUT2D eigenvalue weighted by Crippen LogP contribution is 2.24. The summed E-state index contributed by atoms with van der Waals surface area (Å²) < 4.78 is 1.98. The fourth-order valence-electron chi connectivity index (χ4n) is 4.30. The summed E-state index contributed by atoms with van der Waals surface area (Å²) in [6, 6.07) is 13.7. The minimum atomic E-state index is -0.170. The molecule has 1 atom stereocenters. The number of fused-ring (bicyclic) bond motifs is 1. The quantitative estimate of drug-likeness (QED) is 0.577. The van der Waals surface area contributed by atoms with Gasteiger partial charge in [-0.2, -0.15) is 5.26 Å². The number of nitrogens with zero attached hydrogens (tertiary/aromatic N) is 4. The van der Waals surface area contributed by atoms with Crippen LogP contribution in [0.25, 0.3) is 10.9 Å². The molecule has 7 heteroatoms. The molecule has 4 rings (SSSR count). The lowest BCUT2D eigenvalue weighted by atomic mass is 9.96. The monoisotopic (exact) mass is 429 g/mol. The van der Waals surface area contributed by atoms with E-state index in [1.807, 2.05) is 48.0 Å². The van der Waals surface area contributed by atoms with Crippen molar-refractivity contribution in [3.05, 3.63) is 59.9 Å². The summed E-state index contributed by atoms with van der Waals surface area (Å²) >= 11 is 0. The summed E-state index contributed by atoms with van der Waals surface area (Å²) in [4.78, 5) is 32.2. The predicted octanol–water partition coefficient (Wildman–Crippen LogP) is 3.79. The van der Waals surface area contributed by atoms with Crippen LogP contribution in [-0.4, -0.2) is 45.8 Å². The Morgan fingerprint density at radius 1 is 1.25 bits per heavy atom. The smallest absolute Gasteiger partial charge is 0.229 e. The van der Waals surface area contributed by atoms with Crippen molar-refractivity contribution in [2.45, 2.75) is 32.7 Å². The Morgan fingerprint density at radius 3 is 2.88 bits per heavy atom. The van der Waals surface area contributed by atoms with Crippen LogP contribution >= 0.6 is 0 Å². The minimum Gasteiger partial charge on any atom is -0.346 e. The number of carbonyl (C=O) groups is 2. The Kier molecular flexibility index (Phi) is 6.62. The average Bonchev–Trinajstić information content (AvgIpc) is 3.18. The normalized spacial score (nSPS) is 16.6. The van der Waals surface area contributed by atoms with E-state index in [1.54, 1.807) is 12.3 Å². The van der Waals surface area contributed by atoms with Crippen molar-refractivity contribution in [2.24, 2.45) is 5.92 Å². The number of rotatable bonds is 7. The highest BCUT2D eigenvalue weighted by atomic mass is 16.2. The summed E-state index contributed by atoms with van der Waals surface area (Å²) in [6.45, 7) is 4.14. The molecule has 32 heavy (non-hydrogen) atoms. The summed E-state index contributed by atoms with van der Waals surface area (Å²) in [7, 11) is 0. The number of Topliss-reactive ketones (excluding diaryl/α,β-unsaturated/α-hetero) is 1. The third-order valence-corrected chi connectivity index (χ3v) is 5.96. The van der Waals surface area contributed by atoms with E-state index in [9.17, 15) is 9.59 Å². The molecular weight excluding hydrogens is 402 g/mol. The van der Waals surface area contributed by atoms with Crippen molar-refractivity contribution in [2.75, 3.05) is 25.0 Å². The zero-order valence-corrected chi connectivity index (χ0v) is 18.3. The van der Waals surface area contributed by atoms with Crippen LogP contribution in [0.1, 0.15) is 35.2 Å². The predicted molar refractivity (Wildman–Crippen MR) is 123 cm³/mol. The van der Waals surface area contributed by atoms with Crippen molar-refractivity contribution in [3.8, 4) is 6.07 Å². The summed E-state index contributed by atoms with van der Waals surface area (Å²) in [5, 5.41) is 12.7. The molecule has 1 N–H and O–H groups in total. The van der Waals surface area contributed by atoms with Crippen LogP contribution < -0.4 is 5.32 Å². The third kappa shape index (κ3) is 4.87. The molecule has 1 aromatic carbocycles. The second-order valence-corrected chi connectivity index (χ2v) is 8.37. The van der Waals surface area contributed by atoms with E-state index in [0.29, 0.717) is 30.9 Å². The number of amides is 1. The number of benzene rings is 1. The maximum absolute atomic E-state index is 13.2. The topological polar surface area (TPSA) is 91.0 Å². The van der Waals surface area contributed by atoms with Crippen LogP contribution in [0.4, 0.5) is 5.82 Å². The fourth-order valence-corrected chi connectivity index (χ4v) is 4.30. The molecule has 0 aliphatic carbocycles. The largest absolute Gasteiger partial charge is 0.346 e. The molecule has 0 bridgehead atoms. The van der Waals surface area contributed by atoms with Crippen LogP contribution in [0, 0.1) is 24.2 Å². The van der Waals surface area contributed by atoms with Gasteiger partial charge in [-0.15, -0.1) is 0 Å². The van der Waals surface area contributed by atoms with Crippen LogP contribution in [0.15, 0.2) is 48.8 Å². The van der Waals surface area contributed by atoms with E-state index < -0.39 is 0 Å². The average molecular weight is 430 g/mol. The first-order valence-electron chi connectivity index (χ1n) is 11.0. The molecule has 0 saturated carbocycles. The molecule has 164 valence electrons. The van der Waals surface area contributed by atoms with Crippen molar-refractivity contribution in [3.63, 3.8) is 0 Å². The number of hydrogen-bond donors (Lipinski definition) is 1. The summed E-state index contributed by atoms with van der Waals surface area (Å²) in [5.74, 6) is 0.375. The Labute approximate surface area is 187 Å². The Balaban J connectivity index is 1.43. The van der Waals surface area contributed by atoms with Gasteiger partial charge in [0, 0.05) is 41.9 Å². The molecule has 1 saturated heterocycles. The molecule has 0 spiro atoms. The lowest BCUT2D eigenvalue weighted by Crippen LogP contribution is -2.42. The number of para-hydroxylation sites is 1. The number of aromatic nitrogens is 2. The number of piperidine rings is 1. The molecule has 0 unspecified atom stereocenters. The fraction of sp³-hybridized carbons (Fsp3) is 0.360. The van der Waals surface area contributed by atoms with Crippen LogP contribution in [-0.2, 0) is 11.3 Å². The Morgan fingerprint density at radius 2 is 2.09 bits per heavy atom. The molecule has 1 fully saturated rings. The molecule has 7 nitrogen and oxygen atoms in total. The first kappa shape index (κ1) is 21.7. The lowest BCUT2D eigenvalue weighted by Gasteiger charge is -2.31. The highest BCUT2D eigenvalue weighted by Gasteiger charge is 2.28. The van der Waals surface area contributed by atoms with Gasteiger partial charge >= 0.3 is 0 Å². The van der Waals surface area contributed by atoms with Gasteiger partial charge in [-0.05, 0) is 44.0 Å². The van der Waals surface area contributed by atoms with Crippen molar-refractivity contribution < 1.29 is 9.59 Å². The molecule has 2 aromatic heterocycles. The number of anilines is 1. The standard InChI is InChI=1S/C25H27N5O2/c1-18-9-10-24(27-14-18)28-25(32)19-6-4-12-29(15-19)17-23(31)21-16-30(13-5-11-26)22-8-3-2-7-20(21)22/h2-3,7-10,14,16,19H,4-6,12-13,15,17H2,1H3,(H,27,28,32)/t19-/m0/s1. The number of nitrogens with one attached hydrogen (secondary N) is 1. The van der Waals surface area contributed by atoms with E-state index >= 15 is 0 Å². The van der Waals surface area contributed by atoms with Crippen molar-refractivity contribution in [1.82, 2.24) is 14.5 Å². The Hall–Kier alpha value is -3.50. The number of hydrogen-bond acceptors (Lipinski definition) is 5. The van der Waals surface area contributed by atoms with Gasteiger partial charge in [0.05, 0.1) is 25.0 Å². The van der Waals surface area contributed by atoms with Crippen LogP contribution in [0.3, 0.4) is 0 Å². The first-order chi connectivity index (χ1) is 15.5. The molecule has 0 radical (unpaired) electrons. The zero-order valence-electron chi connectivity index (χ0n) is 18.3. The zero-order chi connectivity index (χ0) is 22.5. The molecule has 1 aliphatic rings. The number of aryl methyl sites for hydroxylation is 2. The SMILES string of the molecule is Cc1ccc(NC(=O)[C@H]2CCCN(CC(=O)c3cn(CCC#N)c4ccccc34)C2)nc1. The maximum Gasteiger partial charge on any atom is 0.229 e. The molecule has 1 amide bonds. The van der Waals surface area contributed by atoms with E-state index in [1.165, 1.54) is 0 Å². The second kappa shape index (κ2) is 9.75. The van der Waals surface area contributed by atoms with Gasteiger partial charge in [0.15, 0.2) is 5.78 Å². The van der Waals surface area contributed by atoms with E-state index in [0.717, 1.165) is 35.9 Å². The van der Waals surface area contributed by atoms with Gasteiger partial charge in [0.1, 0.15) is 5.82 Å². The molecule has 1 aliphatic heterocycles. The number of pyridine rings is 1. The highest BCUT2D eigenvalue weighted by molar-refractivity contribution is 6.09. The minimum absolute atomic E-state index is 0.0400. The maximum atomic E-state index is 13.2. The molecular formula is C25H27N5O2. The van der Waals surface area contributed by atoms with Crippen molar-refractivity contribution >= 4 is 28.4 Å². The van der Waals surface area contributed by atoms with Gasteiger partial charge < -0.3 is 9.88 Å². The van der Waals surface area contributed by atoms with E-state index in [2.05, 4.69) is 21.3 Å². The number of likely N-dealkylation sites (tertiary alicyclic amines) is 1. The summed E-state index contributed by atoms with van der Waals surface area (Å²) in [5.41, 5.74) is 2.68. The first-order valence-corrected chi connectivity index (χ1v) is 11.0. The number of nitriles is 1. The number of ketones is 1. The van der Waals surface area contributed by atoms with Gasteiger partial charge in [0.2, 0.25) is 5.91 Å². The van der Waals surface area contributed by atoms with Gasteiger partial charge in [-0.25, -0.2) is 4.98 Å². The van der Waals surface area contributed by atoms with Crippen LogP contribution in [0.5, 0.6) is 0 Å². The van der Waals surface area contributed by atoms with E-state index in [-0.39, 0.29) is 24.2 Å². The van der Waals surface area contributed by atoms with Crippen LogP contribution in [0.2, 0.25) is 0 Å². The van der Waals surface area contributed by atoms with E-state index in [4.69, 9.17) is 5.26 Å². The third-order valence-electron chi connectivity index (χ3n) is 5.96. The van der Waals surface area contributed by atoms with Gasteiger partial charge in [0.25, 0.3) is 0 Å². The second-order valence-electron chi connectivity index (χ2n) is 8.37. The summed E-state index contributed by atoms with van der Waals surface area (Å²) in [6.07, 6.45) is 5.66. The van der Waals surface area contributed by atoms with Gasteiger partial charge in [-0.1, -0.05) is 24.3 Å². The van der Waals surface area contributed by atoms with Crippen molar-refractivity contribution in [1.29, 1.82) is 5.26 Å². The number of carbonyl (C=O) groups excluding carboxylic acids is 2. The lowest BCUT2D eigenvalue weighted by molar-refractivity contribution is -0.121. The van der Waals surface area contributed by atoms with Gasteiger partial charge in [-0.3, -0.25) is 14.5 Å².